The van der Waals surface area contributed by atoms with Crippen molar-refractivity contribution in [1.29, 1.82) is 0 Å². The van der Waals surface area contributed by atoms with Crippen LogP contribution in [0.25, 0.3) is 0 Å². The highest BCUT2D eigenvalue weighted by molar-refractivity contribution is 5.83. The molecule has 15 heavy (non-hydrogen) atoms. The van der Waals surface area contributed by atoms with Crippen molar-refractivity contribution in [3.63, 3.8) is 0 Å². The molecule has 0 aliphatic heterocycles. The van der Waals surface area contributed by atoms with E-state index in [-0.39, 0.29) is 12.2 Å². The lowest BCUT2D eigenvalue weighted by Gasteiger charge is -2.14. The number of ketones is 1. The SMILES string of the molecule is CCOC(OCC)C(=O)Cc1ccoc1. The normalized spacial score (nSPS) is 10.9. The zero-order chi connectivity index (χ0) is 11.1. The smallest absolute Gasteiger partial charge is 0.218 e. The molecule has 1 rings (SSSR count). The fourth-order valence-corrected chi connectivity index (χ4v) is 1.21. The third kappa shape index (κ3) is 3.85. The highest BCUT2D eigenvalue weighted by Gasteiger charge is 2.19. The summed E-state index contributed by atoms with van der Waals surface area (Å²) >= 11 is 0. The quantitative estimate of drug-likeness (QED) is 0.646. The van der Waals surface area contributed by atoms with Gasteiger partial charge < -0.3 is 13.9 Å². The molecule has 1 aromatic heterocycles. The van der Waals surface area contributed by atoms with E-state index in [1.807, 2.05) is 13.8 Å². The first-order chi connectivity index (χ1) is 7.27. The molecule has 0 spiro atoms. The zero-order valence-corrected chi connectivity index (χ0v) is 9.06. The van der Waals surface area contributed by atoms with Gasteiger partial charge >= 0.3 is 0 Å². The van der Waals surface area contributed by atoms with Crippen molar-refractivity contribution in [2.75, 3.05) is 13.2 Å². The lowest BCUT2D eigenvalue weighted by atomic mass is 10.2. The average molecular weight is 212 g/mol. The van der Waals surface area contributed by atoms with E-state index in [4.69, 9.17) is 13.9 Å². The molecule has 0 unspecified atom stereocenters. The third-order valence-corrected chi connectivity index (χ3v) is 1.86. The summed E-state index contributed by atoms with van der Waals surface area (Å²) < 4.78 is 15.3. The molecule has 0 aliphatic rings. The summed E-state index contributed by atoms with van der Waals surface area (Å²) in [6.45, 7) is 4.58. The maximum absolute atomic E-state index is 11.7. The predicted molar refractivity (Wildman–Crippen MR) is 54.5 cm³/mol. The van der Waals surface area contributed by atoms with Crippen LogP contribution in [-0.2, 0) is 20.7 Å². The molecular weight excluding hydrogens is 196 g/mol. The molecular formula is C11H16O4. The van der Waals surface area contributed by atoms with Crippen LogP contribution in [0.1, 0.15) is 19.4 Å². The Morgan fingerprint density at radius 3 is 2.53 bits per heavy atom. The Bertz CT molecular complexity index is 273. The molecule has 4 heteroatoms. The molecule has 0 radical (unpaired) electrons. The second-order valence-electron chi connectivity index (χ2n) is 3.02. The van der Waals surface area contributed by atoms with E-state index in [9.17, 15) is 4.79 Å². The molecule has 84 valence electrons. The minimum absolute atomic E-state index is 0.0832. The van der Waals surface area contributed by atoms with Gasteiger partial charge in [0, 0.05) is 19.6 Å². The second kappa shape index (κ2) is 6.37. The van der Waals surface area contributed by atoms with Crippen LogP contribution >= 0.6 is 0 Å². The number of ether oxygens (including phenoxy) is 2. The summed E-state index contributed by atoms with van der Waals surface area (Å²) in [6, 6.07) is 1.76. The van der Waals surface area contributed by atoms with Gasteiger partial charge in [-0.25, -0.2) is 0 Å². The number of Topliss-reactive ketones (excluding diaryl/α,β-unsaturated/α-hetero) is 1. The first kappa shape index (κ1) is 11.9. The van der Waals surface area contributed by atoms with Gasteiger partial charge in [-0.2, -0.15) is 0 Å². The summed E-state index contributed by atoms with van der Waals surface area (Å²) in [7, 11) is 0. The molecule has 4 nitrogen and oxygen atoms in total. The van der Waals surface area contributed by atoms with E-state index in [0.717, 1.165) is 5.56 Å². The van der Waals surface area contributed by atoms with E-state index in [2.05, 4.69) is 0 Å². The number of carbonyl (C=O) groups is 1. The minimum atomic E-state index is -0.755. The Morgan fingerprint density at radius 1 is 1.40 bits per heavy atom. The van der Waals surface area contributed by atoms with E-state index in [0.29, 0.717) is 13.2 Å². The molecule has 1 aromatic rings. The van der Waals surface area contributed by atoms with Gasteiger partial charge in [-0.05, 0) is 25.5 Å². The number of furan rings is 1. The lowest BCUT2D eigenvalue weighted by molar-refractivity contribution is -0.167. The van der Waals surface area contributed by atoms with Crippen molar-refractivity contribution in [2.24, 2.45) is 0 Å². The highest BCUT2D eigenvalue weighted by atomic mass is 16.7. The lowest BCUT2D eigenvalue weighted by Crippen LogP contribution is -2.29. The van der Waals surface area contributed by atoms with Crippen LogP contribution in [0, 0.1) is 0 Å². The van der Waals surface area contributed by atoms with Gasteiger partial charge in [-0.15, -0.1) is 0 Å². The highest BCUT2D eigenvalue weighted by Crippen LogP contribution is 2.06. The van der Waals surface area contributed by atoms with Crippen molar-refractivity contribution in [2.45, 2.75) is 26.6 Å². The van der Waals surface area contributed by atoms with Crippen LogP contribution in [0.2, 0.25) is 0 Å². The maximum Gasteiger partial charge on any atom is 0.218 e. The molecule has 0 aliphatic carbocycles. The standard InChI is InChI=1S/C11H16O4/c1-3-14-11(15-4-2)10(12)7-9-5-6-13-8-9/h5-6,8,11H,3-4,7H2,1-2H3. The molecule has 0 saturated carbocycles. The second-order valence-corrected chi connectivity index (χ2v) is 3.02. The molecule has 0 N–H and O–H groups in total. The molecule has 0 fully saturated rings. The maximum atomic E-state index is 11.7. The summed E-state index contributed by atoms with van der Waals surface area (Å²) in [5, 5.41) is 0. The van der Waals surface area contributed by atoms with Crippen LogP contribution in [0.3, 0.4) is 0 Å². The Balaban J connectivity index is 2.48. The summed E-state index contributed by atoms with van der Waals surface area (Å²) in [5.41, 5.74) is 0.837. The van der Waals surface area contributed by atoms with Crippen molar-refractivity contribution in [3.05, 3.63) is 24.2 Å². The Hall–Kier alpha value is -1.13. The monoisotopic (exact) mass is 212 g/mol. The van der Waals surface area contributed by atoms with E-state index in [1.165, 1.54) is 0 Å². The molecule has 0 bridgehead atoms. The zero-order valence-electron chi connectivity index (χ0n) is 9.06. The molecule has 0 atom stereocenters. The van der Waals surface area contributed by atoms with Crippen LogP contribution in [-0.4, -0.2) is 25.3 Å². The van der Waals surface area contributed by atoms with Crippen molar-refractivity contribution in [1.82, 2.24) is 0 Å². The largest absolute Gasteiger partial charge is 0.472 e. The van der Waals surface area contributed by atoms with Crippen LogP contribution in [0.5, 0.6) is 0 Å². The molecule has 0 aromatic carbocycles. The molecule has 0 saturated heterocycles. The summed E-state index contributed by atoms with van der Waals surface area (Å²) in [4.78, 5) is 11.7. The first-order valence-corrected chi connectivity index (χ1v) is 5.04. The summed E-state index contributed by atoms with van der Waals surface area (Å²) in [6.07, 6.45) is 2.61. The number of hydrogen-bond donors (Lipinski definition) is 0. The van der Waals surface area contributed by atoms with Gasteiger partial charge in [-0.3, -0.25) is 4.79 Å². The van der Waals surface area contributed by atoms with Crippen molar-refractivity contribution < 1.29 is 18.7 Å². The van der Waals surface area contributed by atoms with Gasteiger partial charge in [0.15, 0.2) is 5.78 Å². The summed E-state index contributed by atoms with van der Waals surface area (Å²) in [5.74, 6) is -0.0832. The Morgan fingerprint density at radius 2 is 2.07 bits per heavy atom. The number of carbonyl (C=O) groups excluding carboxylic acids is 1. The van der Waals surface area contributed by atoms with E-state index in [1.54, 1.807) is 18.6 Å². The van der Waals surface area contributed by atoms with Gasteiger partial charge in [0.1, 0.15) is 0 Å². The number of rotatable bonds is 7. The van der Waals surface area contributed by atoms with Crippen LogP contribution in [0.4, 0.5) is 0 Å². The van der Waals surface area contributed by atoms with Gasteiger partial charge in [0.2, 0.25) is 6.29 Å². The van der Waals surface area contributed by atoms with Gasteiger partial charge in [-0.1, -0.05) is 0 Å². The Kier molecular flexibility index (Phi) is 5.07. The van der Waals surface area contributed by atoms with E-state index >= 15 is 0 Å². The topological polar surface area (TPSA) is 48.7 Å². The van der Waals surface area contributed by atoms with E-state index < -0.39 is 6.29 Å². The minimum Gasteiger partial charge on any atom is -0.472 e. The van der Waals surface area contributed by atoms with Gasteiger partial charge in [0.25, 0.3) is 0 Å². The van der Waals surface area contributed by atoms with Crippen LogP contribution in [0.15, 0.2) is 23.0 Å². The third-order valence-electron chi connectivity index (χ3n) is 1.86. The Labute approximate surface area is 89.2 Å². The first-order valence-electron chi connectivity index (χ1n) is 5.04. The van der Waals surface area contributed by atoms with Crippen molar-refractivity contribution in [3.8, 4) is 0 Å². The number of hydrogen-bond acceptors (Lipinski definition) is 4. The fraction of sp³-hybridized carbons (Fsp3) is 0.545. The fourth-order valence-electron chi connectivity index (χ4n) is 1.21. The van der Waals surface area contributed by atoms with Crippen LogP contribution < -0.4 is 0 Å². The average Bonchev–Trinajstić information content (AvgIpc) is 2.70. The predicted octanol–water partition coefficient (Wildman–Crippen LogP) is 1.79. The molecule has 0 amide bonds. The van der Waals surface area contributed by atoms with Crippen molar-refractivity contribution >= 4 is 5.78 Å². The molecule has 1 heterocycles. The van der Waals surface area contributed by atoms with Gasteiger partial charge in [0.05, 0.1) is 12.5 Å².